The van der Waals surface area contributed by atoms with Crippen molar-refractivity contribution in [3.05, 3.63) is 64.6 Å². The third-order valence-electron chi connectivity index (χ3n) is 4.50. The van der Waals surface area contributed by atoms with E-state index in [0.717, 1.165) is 21.5 Å². The van der Waals surface area contributed by atoms with Crippen LogP contribution >= 0.6 is 0 Å². The Morgan fingerprint density at radius 2 is 2.04 bits per heavy atom. The number of rotatable bonds is 5. The molecule has 124 valence electrons. The first kappa shape index (κ1) is 16.3. The number of nitrogens with one attached hydrogen (secondary N) is 1. The van der Waals surface area contributed by atoms with E-state index in [1.165, 1.54) is 0 Å². The van der Waals surface area contributed by atoms with Crippen LogP contribution in [0.25, 0.3) is 5.57 Å². The van der Waals surface area contributed by atoms with Crippen LogP contribution in [-0.4, -0.2) is 34.5 Å². The number of para-hydroxylation sites is 1. The molecular weight excluding hydrogens is 304 g/mol. The summed E-state index contributed by atoms with van der Waals surface area (Å²) >= 11 is 0. The average molecular weight is 325 g/mol. The zero-order chi connectivity index (χ0) is 17.3. The van der Waals surface area contributed by atoms with E-state index in [0.29, 0.717) is 12.2 Å². The van der Waals surface area contributed by atoms with E-state index in [1.807, 2.05) is 62.4 Å². The van der Waals surface area contributed by atoms with Gasteiger partial charge in [0.1, 0.15) is 6.04 Å². The maximum absolute atomic E-state index is 12.6. The number of aliphatic carboxylic acids is 1. The first-order chi connectivity index (χ1) is 11.5. The van der Waals surface area contributed by atoms with Gasteiger partial charge in [-0.3, -0.25) is 4.79 Å². The van der Waals surface area contributed by atoms with Gasteiger partial charge in [0.05, 0.1) is 5.56 Å². The fourth-order valence-corrected chi connectivity index (χ4v) is 3.26. The van der Waals surface area contributed by atoms with Gasteiger partial charge < -0.3 is 10.4 Å². The molecule has 2 unspecified atom stereocenters. The minimum Gasteiger partial charge on any atom is -0.480 e. The lowest BCUT2D eigenvalue weighted by molar-refractivity contribution is -0.483. The lowest BCUT2D eigenvalue weighted by Crippen LogP contribution is -2.42. The second kappa shape index (κ2) is 6.53. The van der Waals surface area contributed by atoms with Crippen molar-refractivity contribution in [2.45, 2.75) is 25.9 Å². The van der Waals surface area contributed by atoms with Gasteiger partial charge in [0.15, 0.2) is 0 Å². The molecule has 0 fully saturated rings. The molecule has 5 heteroatoms. The Balaban J connectivity index is 2.00. The molecule has 0 aromatic heterocycles. The van der Waals surface area contributed by atoms with Crippen molar-refractivity contribution in [3.8, 4) is 0 Å². The van der Waals surface area contributed by atoms with Crippen molar-refractivity contribution >= 4 is 17.2 Å². The predicted molar refractivity (Wildman–Crippen MR) is 93.0 cm³/mol. The SMILES string of the molecule is CC(C)C(NCC1=C2C=CC=CC2[N+](=O)c2ccccc21)C(=O)O. The van der Waals surface area contributed by atoms with E-state index in [9.17, 15) is 14.8 Å². The van der Waals surface area contributed by atoms with Gasteiger partial charge in [-0.2, -0.15) is 0 Å². The highest BCUT2D eigenvalue weighted by Gasteiger charge is 2.39. The van der Waals surface area contributed by atoms with Crippen LogP contribution in [0.5, 0.6) is 0 Å². The van der Waals surface area contributed by atoms with Crippen molar-refractivity contribution in [2.75, 3.05) is 6.54 Å². The number of carboxylic acid groups (broad SMARTS) is 1. The van der Waals surface area contributed by atoms with Gasteiger partial charge in [0.25, 0.3) is 11.7 Å². The zero-order valence-electron chi connectivity index (χ0n) is 13.8. The Bertz CT molecular complexity index is 775. The van der Waals surface area contributed by atoms with Crippen LogP contribution in [-0.2, 0) is 4.79 Å². The predicted octanol–water partition coefficient (Wildman–Crippen LogP) is 3.06. The molecule has 1 heterocycles. The van der Waals surface area contributed by atoms with Crippen molar-refractivity contribution in [3.63, 3.8) is 0 Å². The van der Waals surface area contributed by atoms with E-state index in [2.05, 4.69) is 5.32 Å². The van der Waals surface area contributed by atoms with Gasteiger partial charge in [-0.25, -0.2) is 0 Å². The van der Waals surface area contributed by atoms with Crippen molar-refractivity contribution in [2.24, 2.45) is 5.92 Å². The number of carboxylic acids is 1. The minimum atomic E-state index is -0.860. The molecule has 0 saturated heterocycles. The van der Waals surface area contributed by atoms with Crippen LogP contribution in [0, 0.1) is 10.8 Å². The Morgan fingerprint density at radius 1 is 1.29 bits per heavy atom. The number of carbonyl (C=O) groups is 1. The quantitative estimate of drug-likeness (QED) is 0.816. The van der Waals surface area contributed by atoms with Crippen LogP contribution in [0.2, 0.25) is 0 Å². The number of nitrogens with zero attached hydrogens (tertiary/aromatic N) is 1. The van der Waals surface area contributed by atoms with Gasteiger partial charge in [0.2, 0.25) is 0 Å². The van der Waals surface area contributed by atoms with Crippen molar-refractivity contribution in [1.82, 2.24) is 5.32 Å². The summed E-state index contributed by atoms with van der Waals surface area (Å²) in [6.07, 6.45) is 7.58. The third-order valence-corrected chi connectivity index (χ3v) is 4.50. The van der Waals surface area contributed by atoms with Crippen molar-refractivity contribution in [1.29, 1.82) is 0 Å². The molecule has 2 N–H and O–H groups in total. The first-order valence-electron chi connectivity index (χ1n) is 8.10. The summed E-state index contributed by atoms with van der Waals surface area (Å²) in [5.41, 5.74) is 3.39. The Kier molecular flexibility index (Phi) is 4.44. The van der Waals surface area contributed by atoms with E-state index < -0.39 is 12.0 Å². The van der Waals surface area contributed by atoms with Crippen LogP contribution in [0.1, 0.15) is 19.4 Å². The molecule has 0 saturated carbocycles. The number of fused-ring (bicyclic) bond motifs is 2. The number of allylic oxidation sites excluding steroid dienone is 2. The summed E-state index contributed by atoms with van der Waals surface area (Å²) in [7, 11) is 0. The largest absolute Gasteiger partial charge is 0.480 e. The molecule has 0 amide bonds. The summed E-state index contributed by atoms with van der Waals surface area (Å²) in [6, 6.07) is 6.48. The first-order valence-corrected chi connectivity index (χ1v) is 8.10. The molecule has 1 aliphatic carbocycles. The second-order valence-corrected chi connectivity index (χ2v) is 6.41. The molecule has 1 aliphatic heterocycles. The summed E-state index contributed by atoms with van der Waals surface area (Å²) in [5.74, 6) is -0.888. The van der Waals surface area contributed by atoms with E-state index in [-0.39, 0.29) is 12.0 Å². The molecule has 1 aromatic rings. The highest BCUT2D eigenvalue weighted by molar-refractivity contribution is 5.81. The van der Waals surface area contributed by atoms with Crippen molar-refractivity contribution < 1.29 is 14.7 Å². The molecule has 1 aromatic carbocycles. The molecular formula is C19H21N2O3+. The monoisotopic (exact) mass is 325 g/mol. The number of benzene rings is 1. The van der Waals surface area contributed by atoms with Crippen LogP contribution in [0.4, 0.5) is 5.69 Å². The highest BCUT2D eigenvalue weighted by atomic mass is 16.4. The maximum Gasteiger partial charge on any atom is 0.320 e. The fourth-order valence-electron chi connectivity index (χ4n) is 3.26. The summed E-state index contributed by atoms with van der Waals surface area (Å²) in [4.78, 5) is 24.1. The summed E-state index contributed by atoms with van der Waals surface area (Å²) < 4.78 is 1.02. The van der Waals surface area contributed by atoms with Gasteiger partial charge in [0, 0.05) is 27.9 Å². The standard InChI is InChI=1S/C19H20N2O3/c1-12(2)18(19(22)23)20-11-15-13-7-3-5-9-16(13)21(24)17-10-6-4-8-14(15)17/h3-10,12,16,18,20H,11H2,1-2H3/p+1. The molecule has 2 atom stereocenters. The fraction of sp³-hybridized carbons (Fsp3) is 0.316. The lowest BCUT2D eigenvalue weighted by Gasteiger charge is -2.24. The topological polar surface area (TPSA) is 69.4 Å². The normalized spacial score (nSPS) is 20.1. The Hall–Kier alpha value is -2.53. The van der Waals surface area contributed by atoms with Gasteiger partial charge >= 0.3 is 5.97 Å². The molecule has 0 spiro atoms. The van der Waals surface area contributed by atoms with E-state index in [1.54, 1.807) is 0 Å². The van der Waals surface area contributed by atoms with Crippen LogP contribution < -0.4 is 5.32 Å². The van der Waals surface area contributed by atoms with Crippen LogP contribution in [0.15, 0.2) is 54.1 Å². The molecule has 0 bridgehead atoms. The lowest BCUT2D eigenvalue weighted by atomic mass is 9.87. The molecule has 0 radical (unpaired) electrons. The second-order valence-electron chi connectivity index (χ2n) is 6.41. The highest BCUT2D eigenvalue weighted by Crippen LogP contribution is 2.38. The third kappa shape index (κ3) is 2.83. The zero-order valence-corrected chi connectivity index (χ0v) is 13.8. The molecule has 3 rings (SSSR count). The smallest absolute Gasteiger partial charge is 0.320 e. The number of hydrogen-bond acceptors (Lipinski definition) is 3. The number of hydrogen-bond donors (Lipinski definition) is 2. The van der Waals surface area contributed by atoms with Gasteiger partial charge in [-0.15, -0.1) is 0 Å². The Morgan fingerprint density at radius 3 is 2.75 bits per heavy atom. The van der Waals surface area contributed by atoms with Gasteiger partial charge in [-0.1, -0.05) is 44.2 Å². The molecule has 2 aliphatic rings. The minimum absolute atomic E-state index is 0.0273. The van der Waals surface area contributed by atoms with E-state index >= 15 is 0 Å². The van der Waals surface area contributed by atoms with Gasteiger partial charge in [-0.05, 0) is 23.6 Å². The number of nitroso groups, excluding NO2 is 1. The van der Waals surface area contributed by atoms with Crippen LogP contribution in [0.3, 0.4) is 0 Å². The Labute approximate surface area is 141 Å². The molecule has 5 nitrogen and oxygen atoms in total. The van der Waals surface area contributed by atoms with E-state index in [4.69, 9.17) is 0 Å². The average Bonchev–Trinajstić information content (AvgIpc) is 2.57. The summed E-state index contributed by atoms with van der Waals surface area (Å²) in [6.45, 7) is 4.16. The maximum atomic E-state index is 12.6. The summed E-state index contributed by atoms with van der Waals surface area (Å²) in [5, 5.41) is 12.5. The molecule has 24 heavy (non-hydrogen) atoms.